The summed E-state index contributed by atoms with van der Waals surface area (Å²) >= 11 is 0. The Morgan fingerprint density at radius 3 is 0.810 bits per heavy atom. The maximum Gasteiger partial charge on any atom is 0.472 e. The molecular formula is C95H177NO8P+. The van der Waals surface area contributed by atoms with E-state index >= 15 is 0 Å². The maximum absolute atomic E-state index is 13.0. The van der Waals surface area contributed by atoms with Gasteiger partial charge < -0.3 is 18.9 Å². The first-order valence-electron chi connectivity index (χ1n) is 45.8. The summed E-state index contributed by atoms with van der Waals surface area (Å²) < 4.78 is 34.9. The minimum atomic E-state index is -4.40. The molecule has 0 rings (SSSR count). The molecule has 0 heterocycles. The molecule has 0 fully saturated rings. The minimum Gasteiger partial charge on any atom is -0.462 e. The zero-order valence-corrected chi connectivity index (χ0v) is 71.4. The van der Waals surface area contributed by atoms with E-state index < -0.39 is 26.5 Å². The van der Waals surface area contributed by atoms with Crippen LogP contribution in [0.4, 0.5) is 0 Å². The van der Waals surface area contributed by atoms with Crippen LogP contribution >= 0.6 is 7.82 Å². The van der Waals surface area contributed by atoms with Gasteiger partial charge in [-0.2, -0.15) is 0 Å². The fourth-order valence-electron chi connectivity index (χ4n) is 13.8. The predicted octanol–water partition coefficient (Wildman–Crippen LogP) is 31.1. The van der Waals surface area contributed by atoms with Crippen molar-refractivity contribution in [3.63, 3.8) is 0 Å². The third-order valence-corrected chi connectivity index (χ3v) is 21.7. The fourth-order valence-corrected chi connectivity index (χ4v) is 14.5. The molecule has 2 unspecified atom stereocenters. The van der Waals surface area contributed by atoms with Crippen molar-refractivity contribution in [2.45, 2.75) is 463 Å². The van der Waals surface area contributed by atoms with Gasteiger partial charge in [0.15, 0.2) is 6.10 Å². The lowest BCUT2D eigenvalue weighted by Crippen LogP contribution is -2.37. The monoisotopic (exact) mass is 1490 g/mol. The molecule has 0 aliphatic rings. The minimum absolute atomic E-state index is 0.0332. The van der Waals surface area contributed by atoms with Gasteiger partial charge in [0, 0.05) is 12.8 Å². The number of nitrogens with zero attached hydrogens (tertiary/aromatic N) is 1. The van der Waals surface area contributed by atoms with Crippen LogP contribution in [-0.4, -0.2) is 74.9 Å². The van der Waals surface area contributed by atoms with Crippen molar-refractivity contribution in [1.82, 2.24) is 0 Å². The predicted molar refractivity (Wildman–Crippen MR) is 459 cm³/mol. The molecule has 9 nitrogen and oxygen atoms in total. The number of allylic oxidation sites excluding steroid dienone is 14. The summed E-state index contributed by atoms with van der Waals surface area (Å²) in [7, 11) is 1.50. The van der Waals surface area contributed by atoms with Crippen LogP contribution in [0.3, 0.4) is 0 Å². The third kappa shape index (κ3) is 90.0. The van der Waals surface area contributed by atoms with Crippen LogP contribution < -0.4 is 0 Å². The number of hydrogen-bond acceptors (Lipinski definition) is 7. The number of phosphoric acid groups is 1. The number of carbonyl (C=O) groups excluding carboxylic acids is 2. The Bertz CT molecular complexity index is 2050. The summed E-state index contributed by atoms with van der Waals surface area (Å²) in [6.07, 6.45) is 119. The average Bonchev–Trinajstić information content (AvgIpc) is 0.935. The van der Waals surface area contributed by atoms with E-state index in [-0.39, 0.29) is 25.6 Å². The summed E-state index contributed by atoms with van der Waals surface area (Å²) in [6, 6.07) is 0. The van der Waals surface area contributed by atoms with Crippen molar-refractivity contribution >= 4 is 19.8 Å². The van der Waals surface area contributed by atoms with Crippen LogP contribution in [0.15, 0.2) is 85.1 Å². The summed E-state index contributed by atoms with van der Waals surface area (Å²) in [5.74, 6) is -0.773. The summed E-state index contributed by atoms with van der Waals surface area (Å²) in [4.78, 5) is 36.1. The van der Waals surface area contributed by atoms with E-state index in [9.17, 15) is 19.0 Å². The van der Waals surface area contributed by atoms with Crippen LogP contribution in [0.5, 0.6) is 0 Å². The zero-order valence-electron chi connectivity index (χ0n) is 70.5. The molecule has 2 atom stereocenters. The molecule has 0 saturated heterocycles. The SMILES string of the molecule is CC/C=C\C/C=C\C/C=C\C/C=C\C/C=C\C/C=C\C/C=C\CCCCCCCCCCCCCCCCCCCCCC(=O)OC(COC(=O)CCCCCCCCCCCCCCCCCCCCCCCCCCCCCCCCCCCCCCCCCC)COP(=O)(O)OCC[N+](C)(C)C. The Labute approximate surface area is 653 Å². The first-order chi connectivity index (χ1) is 51.5. The van der Waals surface area contributed by atoms with Gasteiger partial charge >= 0.3 is 19.8 Å². The van der Waals surface area contributed by atoms with Crippen LogP contribution in [0.2, 0.25) is 0 Å². The number of unbranched alkanes of at least 4 members (excludes halogenated alkanes) is 58. The van der Waals surface area contributed by atoms with Crippen LogP contribution in [0.25, 0.3) is 0 Å². The standard InChI is InChI=1S/C95H176NO8P/c1-6-8-10-12-14-16-18-20-22-24-26-28-30-32-34-36-38-40-42-44-46-48-50-52-54-56-58-60-62-64-66-68-70-72-74-76-78-80-82-84-86-88-95(98)104-93(92-103-105(99,100)102-90-89-96(3,4)5)91-101-94(97)87-85-83-81-79-77-75-73-71-69-67-65-63-61-59-57-55-53-51-49-47-45-43-41-39-37-35-33-31-29-27-25-23-21-19-17-15-13-11-9-7-2/h8,10,14,16,20,22,26,28,32,34,38,40,44,46,93H,6-7,9,11-13,15,17-19,21,23-25,27,29-31,33,35-37,39,41-43,45,47-92H2,1-5H3/p+1/b10-8-,16-14-,22-20-,28-26-,34-32-,40-38-,46-44-. The van der Waals surface area contributed by atoms with Gasteiger partial charge in [0.2, 0.25) is 0 Å². The molecular weight excluding hydrogens is 1310 g/mol. The highest BCUT2D eigenvalue weighted by molar-refractivity contribution is 7.47. The van der Waals surface area contributed by atoms with E-state index in [1.807, 2.05) is 21.1 Å². The van der Waals surface area contributed by atoms with Gasteiger partial charge in [-0.05, 0) is 70.6 Å². The number of rotatable bonds is 86. The van der Waals surface area contributed by atoms with Crippen LogP contribution in [0, 0.1) is 0 Å². The Hall–Kier alpha value is -2.81. The van der Waals surface area contributed by atoms with Gasteiger partial charge in [-0.15, -0.1) is 0 Å². The first kappa shape index (κ1) is 102. The van der Waals surface area contributed by atoms with E-state index in [1.165, 1.54) is 347 Å². The van der Waals surface area contributed by atoms with E-state index in [2.05, 4.69) is 98.9 Å². The zero-order chi connectivity index (χ0) is 76.1. The number of carbonyl (C=O) groups is 2. The number of phosphoric ester groups is 1. The van der Waals surface area contributed by atoms with E-state index in [1.54, 1.807) is 0 Å². The van der Waals surface area contributed by atoms with Gasteiger partial charge in [0.1, 0.15) is 19.8 Å². The van der Waals surface area contributed by atoms with Gasteiger partial charge in [0.25, 0.3) is 0 Å². The van der Waals surface area contributed by atoms with Crippen LogP contribution in [-0.2, 0) is 32.7 Å². The van der Waals surface area contributed by atoms with Gasteiger partial charge in [-0.25, -0.2) is 4.57 Å². The molecule has 0 bridgehead atoms. The van der Waals surface area contributed by atoms with Crippen molar-refractivity contribution in [3.8, 4) is 0 Å². The highest BCUT2D eigenvalue weighted by Crippen LogP contribution is 2.43. The average molecular weight is 1490 g/mol. The largest absolute Gasteiger partial charge is 0.472 e. The molecule has 0 amide bonds. The van der Waals surface area contributed by atoms with Crippen molar-refractivity contribution < 1.29 is 42.1 Å². The van der Waals surface area contributed by atoms with E-state index in [0.29, 0.717) is 23.9 Å². The lowest BCUT2D eigenvalue weighted by atomic mass is 10.0. The van der Waals surface area contributed by atoms with E-state index in [0.717, 1.165) is 77.0 Å². The molecule has 0 aromatic heterocycles. The maximum atomic E-state index is 13.0. The van der Waals surface area contributed by atoms with Gasteiger partial charge in [0.05, 0.1) is 27.7 Å². The molecule has 105 heavy (non-hydrogen) atoms. The number of hydrogen-bond donors (Lipinski definition) is 1. The molecule has 0 aromatic rings. The molecule has 0 aromatic carbocycles. The third-order valence-electron chi connectivity index (χ3n) is 20.7. The molecule has 0 saturated carbocycles. The highest BCUT2D eigenvalue weighted by atomic mass is 31.2. The molecule has 10 heteroatoms. The fraction of sp³-hybridized carbons (Fsp3) is 0.832. The molecule has 0 aliphatic heterocycles. The molecule has 0 spiro atoms. The number of likely N-dealkylation sites (N-methyl/N-ethyl adjacent to an activating group) is 1. The molecule has 0 radical (unpaired) electrons. The van der Waals surface area contributed by atoms with Crippen molar-refractivity contribution in [2.24, 2.45) is 0 Å². The topological polar surface area (TPSA) is 108 Å². The van der Waals surface area contributed by atoms with Gasteiger partial charge in [-0.3, -0.25) is 18.6 Å². The van der Waals surface area contributed by atoms with Crippen molar-refractivity contribution in [1.29, 1.82) is 0 Å². The number of quaternary nitrogens is 1. The smallest absolute Gasteiger partial charge is 0.462 e. The second kappa shape index (κ2) is 85.2. The summed E-state index contributed by atoms with van der Waals surface area (Å²) in [5, 5.41) is 0. The Morgan fingerprint density at radius 1 is 0.305 bits per heavy atom. The Morgan fingerprint density at radius 2 is 0.543 bits per heavy atom. The van der Waals surface area contributed by atoms with Crippen molar-refractivity contribution in [3.05, 3.63) is 85.1 Å². The van der Waals surface area contributed by atoms with Gasteiger partial charge in [-0.1, -0.05) is 458 Å². The van der Waals surface area contributed by atoms with E-state index in [4.69, 9.17) is 18.5 Å². The quantitative estimate of drug-likeness (QED) is 0.0211. The summed E-state index contributed by atoms with van der Waals surface area (Å²) in [5.41, 5.74) is 0. The Kier molecular flexibility index (Phi) is 82.9. The number of ether oxygens (including phenoxy) is 2. The molecule has 0 aliphatic carbocycles. The molecule has 614 valence electrons. The second-order valence-electron chi connectivity index (χ2n) is 32.3. The van der Waals surface area contributed by atoms with Crippen LogP contribution in [0.1, 0.15) is 457 Å². The lowest BCUT2D eigenvalue weighted by molar-refractivity contribution is -0.870. The Balaban J connectivity index is 3.85. The summed E-state index contributed by atoms with van der Waals surface area (Å²) in [6.45, 7) is 4.40. The van der Waals surface area contributed by atoms with Crippen molar-refractivity contribution in [2.75, 3.05) is 47.5 Å². The highest BCUT2D eigenvalue weighted by Gasteiger charge is 2.27. The molecule has 1 N–H and O–H groups in total. The second-order valence-corrected chi connectivity index (χ2v) is 33.8. The lowest BCUT2D eigenvalue weighted by Gasteiger charge is -2.24. The first-order valence-corrected chi connectivity index (χ1v) is 47.3. The normalized spacial score (nSPS) is 13.3. The number of esters is 2.